The molecule has 0 aromatic carbocycles. The van der Waals surface area contributed by atoms with Gasteiger partial charge in [-0.3, -0.25) is 10.0 Å². The fraction of sp³-hybridized carbons (Fsp3) is 0.947. The van der Waals surface area contributed by atoms with Crippen LogP contribution in [0.1, 0.15) is 65.7 Å². The largest absolute Gasteiger partial charge is 0.378 e. The van der Waals surface area contributed by atoms with Crippen LogP contribution in [0.2, 0.25) is 0 Å². The standard InChI is InChI=1S/C19H35NO4S/c1-4-6-14(3)25-12-16-15(17-9-10-18(16)24-17)11-23-13(2)7-5-8-19(21)20-22/h13-18,22H,4-12H2,1-3H3,(H,20,21). The van der Waals surface area contributed by atoms with Crippen molar-refractivity contribution in [1.29, 1.82) is 0 Å². The van der Waals surface area contributed by atoms with Crippen molar-refractivity contribution in [3.05, 3.63) is 0 Å². The van der Waals surface area contributed by atoms with Crippen LogP contribution in [0.3, 0.4) is 0 Å². The molecule has 5 nitrogen and oxygen atoms in total. The zero-order valence-electron chi connectivity index (χ0n) is 15.9. The summed E-state index contributed by atoms with van der Waals surface area (Å²) >= 11 is 2.09. The maximum absolute atomic E-state index is 11.0. The Kier molecular flexibility index (Phi) is 9.03. The van der Waals surface area contributed by atoms with E-state index in [2.05, 4.69) is 32.5 Å². The summed E-state index contributed by atoms with van der Waals surface area (Å²) in [5, 5.41) is 9.24. The van der Waals surface area contributed by atoms with Crippen LogP contribution in [-0.2, 0) is 14.3 Å². The Bertz CT molecular complexity index is 409. The van der Waals surface area contributed by atoms with Crippen molar-refractivity contribution in [2.75, 3.05) is 12.4 Å². The maximum atomic E-state index is 11.0. The lowest BCUT2D eigenvalue weighted by Gasteiger charge is -2.29. The van der Waals surface area contributed by atoms with E-state index in [0.29, 0.717) is 30.5 Å². The van der Waals surface area contributed by atoms with Crippen molar-refractivity contribution in [2.24, 2.45) is 11.8 Å². The highest BCUT2D eigenvalue weighted by molar-refractivity contribution is 7.99. The first-order chi connectivity index (χ1) is 12.0. The van der Waals surface area contributed by atoms with E-state index >= 15 is 0 Å². The molecule has 2 saturated heterocycles. The Morgan fingerprint density at radius 3 is 2.68 bits per heavy atom. The predicted molar refractivity (Wildman–Crippen MR) is 101 cm³/mol. The van der Waals surface area contributed by atoms with Crippen molar-refractivity contribution in [2.45, 2.75) is 89.3 Å². The average molecular weight is 374 g/mol. The van der Waals surface area contributed by atoms with Gasteiger partial charge in [0.25, 0.3) is 0 Å². The smallest absolute Gasteiger partial charge is 0.243 e. The van der Waals surface area contributed by atoms with Crippen molar-refractivity contribution in [3.8, 4) is 0 Å². The molecule has 0 aromatic rings. The van der Waals surface area contributed by atoms with Gasteiger partial charge in [-0.05, 0) is 44.8 Å². The fourth-order valence-electron chi connectivity index (χ4n) is 4.06. The number of hydrogen-bond donors (Lipinski definition) is 2. The molecule has 2 aliphatic heterocycles. The van der Waals surface area contributed by atoms with Gasteiger partial charge in [-0.15, -0.1) is 0 Å². The lowest BCUT2D eigenvalue weighted by Crippen LogP contribution is -2.33. The molecule has 1 amide bonds. The Balaban J connectivity index is 1.72. The summed E-state index contributed by atoms with van der Waals surface area (Å²) in [5.41, 5.74) is 1.67. The quantitative estimate of drug-likeness (QED) is 0.402. The molecular formula is C19H35NO4S. The number of thioether (sulfide) groups is 1. The lowest BCUT2D eigenvalue weighted by molar-refractivity contribution is -0.129. The van der Waals surface area contributed by atoms with Crippen LogP contribution >= 0.6 is 11.8 Å². The number of fused-ring (bicyclic) bond motifs is 2. The second kappa shape index (κ2) is 10.8. The minimum absolute atomic E-state index is 0.137. The normalized spacial score (nSPS) is 30.4. The van der Waals surface area contributed by atoms with Crippen molar-refractivity contribution < 1.29 is 19.5 Å². The first kappa shape index (κ1) is 21.0. The zero-order chi connectivity index (χ0) is 18.2. The van der Waals surface area contributed by atoms with Crippen LogP contribution in [0.4, 0.5) is 0 Å². The van der Waals surface area contributed by atoms with E-state index in [9.17, 15) is 4.79 Å². The van der Waals surface area contributed by atoms with E-state index in [1.54, 1.807) is 5.48 Å². The Morgan fingerprint density at radius 2 is 2.00 bits per heavy atom. The van der Waals surface area contributed by atoms with Crippen LogP contribution < -0.4 is 5.48 Å². The third kappa shape index (κ3) is 6.42. The number of carbonyl (C=O) groups excluding carboxylic acids is 1. The monoisotopic (exact) mass is 373 g/mol. The highest BCUT2D eigenvalue weighted by atomic mass is 32.2. The molecule has 0 aliphatic carbocycles. The van der Waals surface area contributed by atoms with Crippen LogP contribution in [0.25, 0.3) is 0 Å². The van der Waals surface area contributed by atoms with Gasteiger partial charge in [-0.2, -0.15) is 11.8 Å². The Morgan fingerprint density at radius 1 is 1.28 bits per heavy atom. The topological polar surface area (TPSA) is 67.8 Å². The average Bonchev–Trinajstić information content (AvgIpc) is 3.19. The molecule has 6 atom stereocenters. The highest BCUT2D eigenvalue weighted by Crippen LogP contribution is 2.45. The summed E-state index contributed by atoms with van der Waals surface area (Å²) in [7, 11) is 0. The van der Waals surface area contributed by atoms with Gasteiger partial charge in [-0.1, -0.05) is 20.3 Å². The second-order valence-electron chi connectivity index (χ2n) is 7.62. The van der Waals surface area contributed by atoms with E-state index < -0.39 is 0 Å². The summed E-state index contributed by atoms with van der Waals surface area (Å²) < 4.78 is 12.3. The first-order valence-corrected chi connectivity index (χ1v) is 10.9. The molecule has 0 saturated carbocycles. The van der Waals surface area contributed by atoms with Gasteiger partial charge in [-0.25, -0.2) is 5.48 Å². The molecule has 0 spiro atoms. The third-order valence-electron chi connectivity index (χ3n) is 5.57. The minimum atomic E-state index is -0.327. The van der Waals surface area contributed by atoms with E-state index in [-0.39, 0.29) is 12.0 Å². The van der Waals surface area contributed by atoms with Crippen molar-refractivity contribution in [1.82, 2.24) is 5.48 Å². The number of hydroxylamine groups is 1. The van der Waals surface area contributed by atoms with Crippen molar-refractivity contribution >= 4 is 17.7 Å². The second-order valence-corrected chi connectivity index (χ2v) is 9.09. The van der Waals surface area contributed by atoms with Gasteiger partial charge in [0.2, 0.25) is 5.91 Å². The fourth-order valence-corrected chi connectivity index (χ4v) is 5.48. The van der Waals surface area contributed by atoms with Crippen LogP contribution in [0.5, 0.6) is 0 Å². The summed E-state index contributed by atoms with van der Waals surface area (Å²) in [4.78, 5) is 11.0. The molecule has 2 aliphatic rings. The van der Waals surface area contributed by atoms with Gasteiger partial charge in [0.05, 0.1) is 24.9 Å². The van der Waals surface area contributed by atoms with Crippen molar-refractivity contribution in [3.63, 3.8) is 0 Å². The number of amides is 1. The van der Waals surface area contributed by atoms with Gasteiger partial charge < -0.3 is 9.47 Å². The molecule has 6 unspecified atom stereocenters. The third-order valence-corrected chi connectivity index (χ3v) is 6.95. The molecule has 25 heavy (non-hydrogen) atoms. The van der Waals surface area contributed by atoms with Gasteiger partial charge in [0.15, 0.2) is 0 Å². The number of hydrogen-bond acceptors (Lipinski definition) is 5. The molecular weight excluding hydrogens is 338 g/mol. The number of nitrogens with one attached hydrogen (secondary N) is 1. The molecule has 2 fully saturated rings. The van der Waals surface area contributed by atoms with E-state index in [1.807, 2.05) is 0 Å². The molecule has 0 radical (unpaired) electrons. The van der Waals surface area contributed by atoms with Crippen LogP contribution in [0, 0.1) is 11.8 Å². The molecule has 146 valence electrons. The van der Waals surface area contributed by atoms with Gasteiger partial charge in [0.1, 0.15) is 0 Å². The zero-order valence-corrected chi connectivity index (χ0v) is 16.7. The molecule has 0 aromatic heterocycles. The first-order valence-electron chi connectivity index (χ1n) is 9.86. The molecule has 6 heteroatoms. The maximum Gasteiger partial charge on any atom is 0.243 e. The van der Waals surface area contributed by atoms with Gasteiger partial charge in [0, 0.05) is 23.5 Å². The summed E-state index contributed by atoms with van der Waals surface area (Å²) in [6.07, 6.45) is 7.78. The lowest BCUT2D eigenvalue weighted by atomic mass is 9.81. The van der Waals surface area contributed by atoms with E-state index in [0.717, 1.165) is 24.7 Å². The minimum Gasteiger partial charge on any atom is -0.378 e. The van der Waals surface area contributed by atoms with Crippen LogP contribution in [0.15, 0.2) is 0 Å². The summed E-state index contributed by atoms with van der Waals surface area (Å²) in [5.74, 6) is 1.99. The summed E-state index contributed by atoms with van der Waals surface area (Å²) in [6.45, 7) is 7.41. The molecule has 2 rings (SSSR count). The summed E-state index contributed by atoms with van der Waals surface area (Å²) in [6, 6.07) is 0. The van der Waals surface area contributed by atoms with E-state index in [1.165, 1.54) is 31.4 Å². The van der Waals surface area contributed by atoms with Crippen LogP contribution in [-0.4, -0.2) is 47.0 Å². The predicted octanol–water partition coefficient (Wildman–Crippen LogP) is 3.78. The number of ether oxygens (including phenoxy) is 2. The molecule has 2 N–H and O–H groups in total. The molecule has 2 heterocycles. The van der Waals surface area contributed by atoms with E-state index in [4.69, 9.17) is 14.7 Å². The highest BCUT2D eigenvalue weighted by Gasteiger charge is 2.48. The Hall–Kier alpha value is -0.300. The number of carbonyl (C=O) groups is 1. The SMILES string of the molecule is CCCC(C)SCC1C2CCC(O2)C1COC(C)CCCC(=O)NO. The number of rotatable bonds is 12. The Labute approximate surface area is 156 Å². The van der Waals surface area contributed by atoms with Gasteiger partial charge >= 0.3 is 0 Å². The molecule has 2 bridgehead atoms.